The van der Waals surface area contributed by atoms with Gasteiger partial charge in [-0.25, -0.2) is 15.0 Å². The van der Waals surface area contributed by atoms with Crippen LogP contribution in [0.3, 0.4) is 0 Å². The highest BCUT2D eigenvalue weighted by Crippen LogP contribution is 2.44. The third-order valence-corrected chi connectivity index (χ3v) is 10.2. The highest BCUT2D eigenvalue weighted by atomic mass is 15.0. The summed E-state index contributed by atoms with van der Waals surface area (Å²) < 4.78 is 2.38. The topological polar surface area (TPSA) is 67.4 Å². The van der Waals surface area contributed by atoms with Crippen molar-refractivity contribution in [1.82, 2.24) is 19.5 Å². The van der Waals surface area contributed by atoms with Gasteiger partial charge in [0, 0.05) is 38.6 Å². The molecule has 0 aliphatic heterocycles. The van der Waals surface area contributed by atoms with E-state index in [4.69, 9.17) is 15.0 Å². The van der Waals surface area contributed by atoms with Gasteiger partial charge in [-0.3, -0.25) is 0 Å². The summed E-state index contributed by atoms with van der Waals surface area (Å²) in [7, 11) is 0. The maximum Gasteiger partial charge on any atom is 0.164 e. The van der Waals surface area contributed by atoms with E-state index in [1.165, 1.54) is 5.56 Å². The van der Waals surface area contributed by atoms with E-state index < -0.39 is 0 Å². The van der Waals surface area contributed by atoms with Crippen LogP contribution in [0.2, 0.25) is 0 Å². The van der Waals surface area contributed by atoms with E-state index in [-0.39, 0.29) is 5.41 Å². The van der Waals surface area contributed by atoms with E-state index in [0.29, 0.717) is 23.0 Å². The summed E-state index contributed by atoms with van der Waals surface area (Å²) >= 11 is 0. The lowest BCUT2D eigenvalue weighted by Gasteiger charge is -2.22. The van der Waals surface area contributed by atoms with Crippen molar-refractivity contribution in [2.45, 2.75) is 26.2 Å². The van der Waals surface area contributed by atoms with Crippen LogP contribution in [-0.2, 0) is 5.41 Å². The molecule has 9 rings (SSSR count). The molecule has 0 aliphatic rings. The van der Waals surface area contributed by atoms with Crippen molar-refractivity contribution in [3.63, 3.8) is 0 Å². The minimum Gasteiger partial charge on any atom is -0.308 e. The van der Waals surface area contributed by atoms with E-state index in [9.17, 15) is 5.26 Å². The molecule has 0 aliphatic carbocycles. The third-order valence-electron chi connectivity index (χ3n) is 10.2. The smallest absolute Gasteiger partial charge is 0.164 e. The predicted molar refractivity (Wildman–Crippen MR) is 225 cm³/mol. The standard InChI is InChI=1S/C50H37N5/c1-50(2,3)39-25-27-45-43(31-39)42-28-33(32-51)24-26-44(42)55(45)46-40(34-16-8-4-9-17-34)29-38(30-41(46)35-18-10-5-11-19-35)49-53-47(36-20-12-6-13-21-36)52-48(54-49)37-22-14-7-15-23-37/h4-31H,1-3H3. The fourth-order valence-electron chi connectivity index (χ4n) is 7.42. The van der Waals surface area contributed by atoms with Gasteiger partial charge >= 0.3 is 0 Å². The predicted octanol–water partition coefficient (Wildman–Crippen LogP) is 12.5. The average Bonchev–Trinajstić information content (AvgIpc) is 3.56. The molecule has 262 valence electrons. The van der Waals surface area contributed by atoms with Gasteiger partial charge in [0.25, 0.3) is 0 Å². The van der Waals surface area contributed by atoms with Crippen molar-refractivity contribution in [2.24, 2.45) is 0 Å². The number of hydrogen-bond donors (Lipinski definition) is 0. The molecule has 55 heavy (non-hydrogen) atoms. The first kappa shape index (κ1) is 33.7. The van der Waals surface area contributed by atoms with Gasteiger partial charge in [-0.05, 0) is 64.6 Å². The Hall–Kier alpha value is -7.16. The Bertz CT molecular complexity index is 2760. The Morgan fingerprint density at radius 1 is 0.455 bits per heavy atom. The molecule has 5 heteroatoms. The number of nitriles is 1. The van der Waals surface area contributed by atoms with Crippen LogP contribution in [0.4, 0.5) is 0 Å². The number of fused-ring (bicyclic) bond motifs is 3. The van der Waals surface area contributed by atoms with Crippen LogP contribution in [0.1, 0.15) is 31.9 Å². The SMILES string of the molecule is CC(C)(C)c1ccc2c(c1)c1cc(C#N)ccc1n2-c1c(-c2ccccc2)cc(-c2nc(-c3ccccc3)nc(-c3ccccc3)n2)cc1-c1ccccc1. The summed E-state index contributed by atoms with van der Waals surface area (Å²) in [6, 6.07) is 60.9. The van der Waals surface area contributed by atoms with Crippen molar-refractivity contribution in [2.75, 3.05) is 0 Å². The molecular formula is C50H37N5. The molecule has 5 nitrogen and oxygen atoms in total. The zero-order valence-electron chi connectivity index (χ0n) is 30.9. The second-order valence-electron chi connectivity index (χ2n) is 14.9. The first-order valence-corrected chi connectivity index (χ1v) is 18.5. The highest BCUT2D eigenvalue weighted by molar-refractivity contribution is 6.11. The van der Waals surface area contributed by atoms with E-state index >= 15 is 0 Å². The minimum absolute atomic E-state index is 0.0523. The highest BCUT2D eigenvalue weighted by Gasteiger charge is 2.24. The number of rotatable bonds is 6. The molecule has 0 fully saturated rings. The first-order valence-electron chi connectivity index (χ1n) is 18.5. The lowest BCUT2D eigenvalue weighted by atomic mass is 9.86. The summed E-state index contributed by atoms with van der Waals surface area (Å²) in [6.07, 6.45) is 0. The Kier molecular flexibility index (Phi) is 8.37. The van der Waals surface area contributed by atoms with Gasteiger partial charge in [-0.1, -0.05) is 148 Å². The monoisotopic (exact) mass is 707 g/mol. The molecule has 0 radical (unpaired) electrons. The lowest BCUT2D eigenvalue weighted by Crippen LogP contribution is -2.10. The number of benzene rings is 7. The van der Waals surface area contributed by atoms with Crippen molar-refractivity contribution in [3.05, 3.63) is 181 Å². The molecule has 0 atom stereocenters. The summed E-state index contributed by atoms with van der Waals surface area (Å²) in [5.74, 6) is 1.81. The Morgan fingerprint density at radius 2 is 0.873 bits per heavy atom. The quantitative estimate of drug-likeness (QED) is 0.173. The van der Waals surface area contributed by atoms with Crippen LogP contribution in [0.5, 0.6) is 0 Å². The normalized spacial score (nSPS) is 11.5. The average molecular weight is 708 g/mol. The van der Waals surface area contributed by atoms with Gasteiger partial charge in [-0.2, -0.15) is 5.26 Å². The molecule has 7 aromatic carbocycles. The zero-order chi connectivity index (χ0) is 37.5. The first-order chi connectivity index (χ1) is 26.9. The molecule has 0 spiro atoms. The van der Waals surface area contributed by atoms with Gasteiger partial charge in [0.1, 0.15) is 0 Å². The third kappa shape index (κ3) is 6.24. The molecular weight excluding hydrogens is 671 g/mol. The van der Waals surface area contributed by atoms with Gasteiger partial charge in [0.15, 0.2) is 17.5 Å². The zero-order valence-corrected chi connectivity index (χ0v) is 30.9. The molecule has 0 amide bonds. The van der Waals surface area contributed by atoms with Gasteiger partial charge in [-0.15, -0.1) is 0 Å². The maximum atomic E-state index is 10.0. The van der Waals surface area contributed by atoms with Crippen molar-refractivity contribution < 1.29 is 0 Å². The largest absolute Gasteiger partial charge is 0.308 e. The van der Waals surface area contributed by atoms with Crippen LogP contribution in [0.15, 0.2) is 170 Å². The molecule has 0 saturated carbocycles. The fourth-order valence-corrected chi connectivity index (χ4v) is 7.42. The van der Waals surface area contributed by atoms with Crippen molar-refractivity contribution in [3.8, 4) is 68.2 Å². The van der Waals surface area contributed by atoms with Gasteiger partial charge in [0.2, 0.25) is 0 Å². The van der Waals surface area contributed by atoms with E-state index in [1.807, 2.05) is 84.9 Å². The van der Waals surface area contributed by atoms with Crippen molar-refractivity contribution >= 4 is 21.8 Å². The molecule has 9 aromatic rings. The lowest BCUT2D eigenvalue weighted by molar-refractivity contribution is 0.591. The van der Waals surface area contributed by atoms with E-state index in [2.05, 4.69) is 116 Å². The van der Waals surface area contributed by atoms with E-state index in [0.717, 1.165) is 66.4 Å². The molecule has 0 unspecified atom stereocenters. The molecule has 0 bridgehead atoms. The second kappa shape index (κ2) is 13.7. The minimum atomic E-state index is -0.0523. The summed E-state index contributed by atoms with van der Waals surface area (Å²) in [5, 5.41) is 12.2. The Balaban J connectivity index is 1.41. The van der Waals surface area contributed by atoms with E-state index in [1.54, 1.807) is 0 Å². The van der Waals surface area contributed by atoms with Crippen LogP contribution < -0.4 is 0 Å². The molecule has 0 N–H and O–H groups in total. The molecule has 2 heterocycles. The number of aromatic nitrogens is 4. The van der Waals surface area contributed by atoms with Gasteiger partial charge < -0.3 is 4.57 Å². The van der Waals surface area contributed by atoms with Crippen LogP contribution in [0.25, 0.3) is 83.9 Å². The number of hydrogen-bond acceptors (Lipinski definition) is 4. The summed E-state index contributed by atoms with van der Waals surface area (Å²) in [5.41, 5.74) is 11.9. The van der Waals surface area contributed by atoms with Crippen LogP contribution in [0, 0.1) is 11.3 Å². The van der Waals surface area contributed by atoms with Crippen LogP contribution in [-0.4, -0.2) is 19.5 Å². The molecule has 2 aromatic heterocycles. The maximum absolute atomic E-state index is 10.0. The van der Waals surface area contributed by atoms with Crippen molar-refractivity contribution in [1.29, 1.82) is 5.26 Å². The van der Waals surface area contributed by atoms with Gasteiger partial charge in [0.05, 0.1) is 28.4 Å². The Morgan fingerprint density at radius 3 is 1.33 bits per heavy atom. The second-order valence-corrected chi connectivity index (χ2v) is 14.9. The number of nitrogens with zero attached hydrogens (tertiary/aromatic N) is 5. The summed E-state index contributed by atoms with van der Waals surface area (Å²) in [6.45, 7) is 6.71. The molecule has 0 saturated heterocycles. The fraction of sp³-hybridized carbons (Fsp3) is 0.0800. The Labute approximate surface area is 320 Å². The van der Waals surface area contributed by atoms with Crippen LogP contribution >= 0.6 is 0 Å². The summed E-state index contributed by atoms with van der Waals surface area (Å²) in [4.78, 5) is 15.3.